The zero-order chi connectivity index (χ0) is 39.1. The van der Waals surface area contributed by atoms with Gasteiger partial charge in [-0.1, -0.05) is 121 Å². The van der Waals surface area contributed by atoms with Crippen molar-refractivity contribution in [2.45, 2.75) is 0 Å². The van der Waals surface area contributed by atoms with Crippen LogP contribution in [0.15, 0.2) is 219 Å². The van der Waals surface area contributed by atoms with Crippen molar-refractivity contribution < 1.29 is 0 Å². The van der Waals surface area contributed by atoms with Crippen molar-refractivity contribution in [1.82, 2.24) is 9.97 Å². The first-order valence-electron chi connectivity index (χ1n) is 19.8. The fraction of sp³-hybridized carbons (Fsp3) is 0. The summed E-state index contributed by atoms with van der Waals surface area (Å²) in [5, 5.41) is 7.51. The van der Waals surface area contributed by atoms with Crippen LogP contribution in [0.5, 0.6) is 0 Å². The summed E-state index contributed by atoms with van der Waals surface area (Å²) in [5.41, 5.74) is 11.0. The van der Waals surface area contributed by atoms with Crippen LogP contribution in [0.2, 0.25) is 0 Å². The Morgan fingerprint density at radius 1 is 0.322 bits per heavy atom. The molecule has 0 N–H and O–H groups in total. The van der Waals surface area contributed by atoms with Crippen LogP contribution < -0.4 is 9.80 Å². The van der Waals surface area contributed by atoms with E-state index in [0.29, 0.717) is 0 Å². The lowest BCUT2D eigenvalue weighted by molar-refractivity contribution is 1.23. The Balaban J connectivity index is 1.08. The third-order valence-corrected chi connectivity index (χ3v) is 12.3. The van der Waals surface area contributed by atoms with Crippen molar-refractivity contribution >= 4 is 87.2 Å². The van der Waals surface area contributed by atoms with E-state index >= 15 is 0 Å². The van der Waals surface area contributed by atoms with Crippen LogP contribution in [-0.4, -0.2) is 9.97 Å². The topological polar surface area (TPSA) is 32.3 Å². The lowest BCUT2D eigenvalue weighted by atomic mass is 9.96. The monoisotopic (exact) mass is 772 g/mol. The van der Waals surface area contributed by atoms with Crippen molar-refractivity contribution in [2.75, 3.05) is 9.80 Å². The van der Waals surface area contributed by atoms with Gasteiger partial charge in [0.05, 0.1) is 23.8 Å². The van der Waals surface area contributed by atoms with Crippen LogP contribution in [0.4, 0.5) is 34.1 Å². The summed E-state index contributed by atoms with van der Waals surface area (Å²) in [5.74, 6) is 0. The van der Waals surface area contributed by atoms with Gasteiger partial charge in [0.15, 0.2) is 0 Å². The maximum Gasteiger partial charge on any atom is 0.0644 e. The first-order valence-corrected chi connectivity index (χ1v) is 20.6. The van der Waals surface area contributed by atoms with Crippen molar-refractivity contribution in [3.05, 3.63) is 219 Å². The quantitative estimate of drug-likeness (QED) is 0.144. The van der Waals surface area contributed by atoms with E-state index < -0.39 is 0 Å². The molecule has 0 bridgehead atoms. The Morgan fingerprint density at radius 3 is 1.39 bits per heavy atom. The highest BCUT2D eigenvalue weighted by Crippen LogP contribution is 2.48. The van der Waals surface area contributed by atoms with E-state index in [1.807, 2.05) is 48.3 Å². The molecule has 0 aliphatic heterocycles. The third-order valence-electron chi connectivity index (χ3n) is 11.2. The van der Waals surface area contributed by atoms with Gasteiger partial charge in [0, 0.05) is 60.7 Å². The number of aromatic nitrogens is 2. The normalized spacial score (nSPS) is 11.4. The number of benzene rings is 8. The predicted octanol–water partition coefficient (Wildman–Crippen LogP) is 15.4. The van der Waals surface area contributed by atoms with Gasteiger partial charge in [-0.05, 0) is 111 Å². The Labute approximate surface area is 346 Å². The number of fused-ring (bicyclic) bond motifs is 8. The van der Waals surface area contributed by atoms with Gasteiger partial charge in [0.1, 0.15) is 0 Å². The van der Waals surface area contributed by atoms with Gasteiger partial charge in [0.25, 0.3) is 0 Å². The molecule has 3 heterocycles. The molecule has 3 aromatic heterocycles. The molecule has 0 saturated carbocycles. The molecule has 0 aliphatic carbocycles. The van der Waals surface area contributed by atoms with Crippen LogP contribution >= 0.6 is 11.3 Å². The lowest BCUT2D eigenvalue weighted by Crippen LogP contribution is -2.10. The molecule has 0 radical (unpaired) electrons. The molecule has 11 rings (SSSR count). The highest BCUT2D eigenvalue weighted by Gasteiger charge is 2.20. The van der Waals surface area contributed by atoms with E-state index in [0.717, 1.165) is 34.1 Å². The van der Waals surface area contributed by atoms with Crippen LogP contribution in [0, 0.1) is 0 Å². The number of thiophene rings is 1. The second kappa shape index (κ2) is 14.7. The second-order valence-electron chi connectivity index (χ2n) is 14.7. The van der Waals surface area contributed by atoms with Crippen LogP contribution in [0.1, 0.15) is 0 Å². The number of pyridine rings is 2. The van der Waals surface area contributed by atoms with Crippen LogP contribution in [0.25, 0.3) is 64.0 Å². The first kappa shape index (κ1) is 34.6. The Bertz CT molecular complexity index is 3280. The van der Waals surface area contributed by atoms with Crippen molar-refractivity contribution in [1.29, 1.82) is 0 Å². The molecule has 0 fully saturated rings. The van der Waals surface area contributed by atoms with E-state index in [-0.39, 0.29) is 0 Å². The summed E-state index contributed by atoms with van der Waals surface area (Å²) in [6.07, 6.45) is 7.54. The summed E-state index contributed by atoms with van der Waals surface area (Å²) >= 11 is 1.87. The molecule has 278 valence electrons. The van der Waals surface area contributed by atoms with Crippen LogP contribution in [0.3, 0.4) is 0 Å². The highest BCUT2D eigenvalue weighted by molar-refractivity contribution is 7.27. The third kappa shape index (κ3) is 6.25. The summed E-state index contributed by atoms with van der Waals surface area (Å²) in [6, 6.07) is 69.6. The summed E-state index contributed by atoms with van der Waals surface area (Å²) in [7, 11) is 0. The molecule has 0 saturated heterocycles. The average molecular weight is 773 g/mol. The molecule has 59 heavy (non-hydrogen) atoms. The average Bonchev–Trinajstić information content (AvgIpc) is 3.70. The number of nitrogens with zero attached hydrogens (tertiary/aromatic N) is 4. The van der Waals surface area contributed by atoms with Gasteiger partial charge in [0.2, 0.25) is 0 Å². The Hall–Kier alpha value is -7.60. The Morgan fingerprint density at radius 2 is 0.814 bits per heavy atom. The van der Waals surface area contributed by atoms with E-state index in [1.165, 1.54) is 64.0 Å². The second-order valence-corrected chi connectivity index (χ2v) is 15.7. The zero-order valence-electron chi connectivity index (χ0n) is 32.0. The molecule has 5 heteroatoms. The Kier molecular flexibility index (Phi) is 8.64. The molecule has 0 unspecified atom stereocenters. The standard InChI is InChI=1S/C54H36N4S/c1-3-13-37(14-4-1)39-17-9-19-41(31-39)57(45-21-11-29-55-35-45)43-25-27-49-51(33-43)47-23-7-8-24-48(47)53-50-28-26-44(34-52(50)59-54(49)53)58(46-22-12-30-56-36-46)42-20-10-18-40(32-42)38-15-5-2-6-16-38/h1-36H. The van der Waals surface area contributed by atoms with Crippen molar-refractivity contribution in [3.8, 4) is 22.3 Å². The SMILES string of the molecule is c1ccc(-c2cccc(N(c3cccnc3)c3ccc4c(c3)sc3c5ccc(N(c6cccnc6)c6cccc(-c7ccccc7)c6)cc5c5ccccc5c43)c2)cc1. The summed E-state index contributed by atoms with van der Waals surface area (Å²) in [6.45, 7) is 0. The number of hydrogen-bond donors (Lipinski definition) is 0. The van der Waals surface area contributed by atoms with E-state index in [4.69, 9.17) is 0 Å². The predicted molar refractivity (Wildman–Crippen MR) is 250 cm³/mol. The highest BCUT2D eigenvalue weighted by atomic mass is 32.1. The maximum absolute atomic E-state index is 4.54. The maximum atomic E-state index is 4.54. The van der Waals surface area contributed by atoms with E-state index in [1.54, 1.807) is 0 Å². The number of hydrogen-bond acceptors (Lipinski definition) is 5. The molecule has 0 atom stereocenters. The number of anilines is 6. The van der Waals surface area contributed by atoms with Gasteiger partial charge in [-0.3, -0.25) is 9.97 Å². The molecule has 0 aliphatic rings. The molecule has 0 amide bonds. The number of rotatable bonds is 8. The fourth-order valence-corrected chi connectivity index (χ4v) is 9.78. The molecular weight excluding hydrogens is 737 g/mol. The minimum Gasteiger partial charge on any atom is -0.309 e. The van der Waals surface area contributed by atoms with Gasteiger partial charge < -0.3 is 9.80 Å². The molecule has 11 aromatic rings. The summed E-state index contributed by atoms with van der Waals surface area (Å²) < 4.78 is 2.53. The van der Waals surface area contributed by atoms with E-state index in [9.17, 15) is 0 Å². The molecular formula is C54H36N4S. The van der Waals surface area contributed by atoms with Gasteiger partial charge >= 0.3 is 0 Å². The molecule has 0 spiro atoms. The molecule has 8 aromatic carbocycles. The fourth-order valence-electron chi connectivity index (χ4n) is 8.49. The van der Waals surface area contributed by atoms with Gasteiger partial charge in [-0.15, -0.1) is 11.3 Å². The first-order chi connectivity index (χ1) is 29.3. The summed E-state index contributed by atoms with van der Waals surface area (Å²) in [4.78, 5) is 13.7. The van der Waals surface area contributed by atoms with Crippen molar-refractivity contribution in [3.63, 3.8) is 0 Å². The molecule has 4 nitrogen and oxygen atoms in total. The zero-order valence-corrected chi connectivity index (χ0v) is 32.8. The van der Waals surface area contributed by atoms with Gasteiger partial charge in [-0.25, -0.2) is 0 Å². The van der Waals surface area contributed by atoms with Crippen molar-refractivity contribution in [2.24, 2.45) is 0 Å². The van der Waals surface area contributed by atoms with E-state index in [2.05, 4.69) is 202 Å². The minimum atomic E-state index is 1.00. The lowest BCUT2D eigenvalue weighted by Gasteiger charge is -2.26. The largest absolute Gasteiger partial charge is 0.309 e. The minimum absolute atomic E-state index is 1.00. The van der Waals surface area contributed by atoms with Crippen LogP contribution in [-0.2, 0) is 0 Å². The smallest absolute Gasteiger partial charge is 0.0644 e. The van der Waals surface area contributed by atoms with Gasteiger partial charge in [-0.2, -0.15) is 0 Å².